The molecule has 4 aromatic rings. The highest BCUT2D eigenvalue weighted by molar-refractivity contribution is 5.81. The Morgan fingerprint density at radius 2 is 1.97 bits per heavy atom. The number of aliphatic hydroxyl groups excluding tert-OH is 2. The number of ether oxygens (including phenoxy) is 1. The van der Waals surface area contributed by atoms with Gasteiger partial charge >= 0.3 is 0 Å². The topological polar surface area (TPSA) is 151 Å². The molecule has 11 heteroatoms. The van der Waals surface area contributed by atoms with Crippen LogP contribution in [-0.4, -0.2) is 82.0 Å². The predicted octanol–water partition coefficient (Wildman–Crippen LogP) is 1.95. The second-order valence-electron chi connectivity index (χ2n) is 9.83. The van der Waals surface area contributed by atoms with Crippen LogP contribution in [-0.2, 0) is 11.2 Å². The first kappa shape index (κ1) is 24.6. The molecular weight excluding hydrogens is 460 g/mol. The molecular formula is C25H34N8O3. The number of H-pyrrole nitrogens is 1. The van der Waals surface area contributed by atoms with Crippen molar-refractivity contribution in [2.24, 2.45) is 0 Å². The summed E-state index contributed by atoms with van der Waals surface area (Å²) in [6.07, 6.45) is 2.19. The summed E-state index contributed by atoms with van der Waals surface area (Å²) in [5, 5.41) is 21.6. The Labute approximate surface area is 209 Å². The molecule has 1 fully saturated rings. The Balaban J connectivity index is 1.19. The number of nitrogen functional groups attached to an aromatic ring is 1. The molecule has 5 rings (SSSR count). The number of nitrogens with two attached hydrogens (primary N) is 1. The minimum Gasteiger partial charge on any atom is -0.387 e. The molecule has 36 heavy (non-hydrogen) atoms. The van der Waals surface area contributed by atoms with Crippen LogP contribution >= 0.6 is 0 Å². The predicted molar refractivity (Wildman–Crippen MR) is 136 cm³/mol. The monoisotopic (exact) mass is 494 g/mol. The highest BCUT2D eigenvalue weighted by atomic mass is 16.6. The summed E-state index contributed by atoms with van der Waals surface area (Å²) in [6.45, 7) is 7.68. The van der Waals surface area contributed by atoms with Crippen LogP contribution in [0.15, 0.2) is 30.9 Å². The van der Waals surface area contributed by atoms with E-state index in [1.807, 2.05) is 6.07 Å². The van der Waals surface area contributed by atoms with Crippen molar-refractivity contribution in [2.75, 3.05) is 18.8 Å². The van der Waals surface area contributed by atoms with Crippen LogP contribution in [0.4, 0.5) is 5.82 Å². The molecule has 5 N–H and O–H groups in total. The molecule has 0 saturated carbocycles. The molecule has 4 unspecified atom stereocenters. The SMILES string of the molecule is Cc1cccc2[nH]c(CCCCN(CC3OC(n4cnc5c(N)ncnc54)C(O)C3O)C(C)C)nc12. The van der Waals surface area contributed by atoms with Crippen molar-refractivity contribution in [3.63, 3.8) is 0 Å². The third-order valence-corrected chi connectivity index (χ3v) is 7.02. The third kappa shape index (κ3) is 4.66. The third-order valence-electron chi connectivity index (χ3n) is 7.02. The van der Waals surface area contributed by atoms with E-state index in [4.69, 9.17) is 15.5 Å². The largest absolute Gasteiger partial charge is 0.387 e. The molecule has 11 nitrogen and oxygen atoms in total. The fourth-order valence-electron chi connectivity index (χ4n) is 4.91. The maximum atomic E-state index is 10.8. The van der Waals surface area contributed by atoms with E-state index in [1.165, 1.54) is 18.2 Å². The lowest BCUT2D eigenvalue weighted by Gasteiger charge is -2.30. The molecule has 1 aliphatic rings. The zero-order valence-corrected chi connectivity index (χ0v) is 20.9. The Kier molecular flexibility index (Phi) is 6.89. The lowest BCUT2D eigenvalue weighted by Crippen LogP contribution is -2.43. The van der Waals surface area contributed by atoms with Gasteiger partial charge in [0, 0.05) is 19.0 Å². The molecule has 0 bridgehead atoms. The fourth-order valence-corrected chi connectivity index (χ4v) is 4.91. The first-order valence-electron chi connectivity index (χ1n) is 12.5. The molecule has 1 saturated heterocycles. The molecule has 3 aromatic heterocycles. The molecule has 1 aliphatic heterocycles. The number of aromatic nitrogens is 6. The smallest absolute Gasteiger partial charge is 0.167 e. The zero-order chi connectivity index (χ0) is 25.4. The second kappa shape index (κ2) is 10.1. The number of aryl methyl sites for hydroxylation is 2. The minimum atomic E-state index is -1.12. The zero-order valence-electron chi connectivity index (χ0n) is 20.9. The fraction of sp³-hybridized carbons (Fsp3) is 0.520. The molecule has 0 spiro atoms. The number of hydrogen-bond acceptors (Lipinski definition) is 9. The highest BCUT2D eigenvalue weighted by Crippen LogP contribution is 2.32. The molecule has 192 valence electrons. The average molecular weight is 495 g/mol. The summed E-state index contributed by atoms with van der Waals surface area (Å²) in [6, 6.07) is 6.43. The van der Waals surface area contributed by atoms with Crippen LogP contribution in [0.5, 0.6) is 0 Å². The first-order valence-corrected chi connectivity index (χ1v) is 12.5. The Morgan fingerprint density at radius 1 is 1.14 bits per heavy atom. The Morgan fingerprint density at radius 3 is 2.75 bits per heavy atom. The summed E-state index contributed by atoms with van der Waals surface area (Å²) >= 11 is 0. The van der Waals surface area contributed by atoms with Gasteiger partial charge in [-0.1, -0.05) is 12.1 Å². The van der Waals surface area contributed by atoms with Crippen LogP contribution in [0.1, 0.15) is 44.3 Å². The van der Waals surface area contributed by atoms with E-state index in [0.29, 0.717) is 17.7 Å². The number of hydrogen-bond donors (Lipinski definition) is 4. The van der Waals surface area contributed by atoms with E-state index in [0.717, 1.165) is 42.7 Å². The summed E-state index contributed by atoms with van der Waals surface area (Å²) in [4.78, 5) is 22.9. The molecule has 4 heterocycles. The van der Waals surface area contributed by atoms with Crippen molar-refractivity contribution < 1.29 is 14.9 Å². The molecule has 0 amide bonds. The quantitative estimate of drug-likeness (QED) is 0.256. The van der Waals surface area contributed by atoms with Gasteiger partial charge < -0.3 is 25.7 Å². The lowest BCUT2D eigenvalue weighted by molar-refractivity contribution is -0.0469. The van der Waals surface area contributed by atoms with Crippen molar-refractivity contribution in [1.82, 2.24) is 34.4 Å². The van der Waals surface area contributed by atoms with E-state index < -0.39 is 24.5 Å². The number of fused-ring (bicyclic) bond motifs is 2. The number of anilines is 1. The van der Waals surface area contributed by atoms with Crippen LogP contribution in [0.3, 0.4) is 0 Å². The number of para-hydroxylation sites is 1. The number of aromatic amines is 1. The van der Waals surface area contributed by atoms with Gasteiger partial charge in [-0.15, -0.1) is 0 Å². The summed E-state index contributed by atoms with van der Waals surface area (Å²) in [7, 11) is 0. The summed E-state index contributed by atoms with van der Waals surface area (Å²) in [5.74, 6) is 1.26. The van der Waals surface area contributed by atoms with Gasteiger partial charge in [-0.25, -0.2) is 19.9 Å². The van der Waals surface area contributed by atoms with Gasteiger partial charge in [0.2, 0.25) is 0 Å². The van der Waals surface area contributed by atoms with E-state index in [-0.39, 0.29) is 11.9 Å². The van der Waals surface area contributed by atoms with Crippen molar-refractivity contribution >= 4 is 28.0 Å². The number of rotatable bonds is 9. The molecule has 0 aliphatic carbocycles. The van der Waals surface area contributed by atoms with Gasteiger partial charge in [0.15, 0.2) is 17.7 Å². The average Bonchev–Trinajstić information content (AvgIpc) is 3.54. The first-order chi connectivity index (χ1) is 17.3. The van der Waals surface area contributed by atoms with Crippen molar-refractivity contribution in [2.45, 2.75) is 70.6 Å². The number of nitrogens with one attached hydrogen (secondary N) is 1. The van der Waals surface area contributed by atoms with Crippen LogP contribution in [0.2, 0.25) is 0 Å². The van der Waals surface area contributed by atoms with Crippen molar-refractivity contribution in [3.05, 3.63) is 42.2 Å². The summed E-state index contributed by atoms with van der Waals surface area (Å²) < 4.78 is 7.75. The van der Waals surface area contributed by atoms with Gasteiger partial charge in [-0.3, -0.25) is 9.47 Å². The molecule has 0 radical (unpaired) electrons. The Hall–Kier alpha value is -3.12. The number of benzene rings is 1. The molecule has 1 aromatic carbocycles. The standard InChI is InChI=1S/C25H34N8O3/c1-14(2)32(10-5-4-9-18-30-16-8-6-7-15(3)19(16)31-18)11-17-21(34)22(35)25(36-17)33-13-29-20-23(26)27-12-28-24(20)33/h6-8,12-14,17,21-22,25,34-35H,4-5,9-11H2,1-3H3,(H,30,31)(H2,26,27,28). The maximum Gasteiger partial charge on any atom is 0.167 e. The van der Waals surface area contributed by atoms with Crippen LogP contribution in [0, 0.1) is 6.92 Å². The van der Waals surface area contributed by atoms with E-state index in [1.54, 1.807) is 4.57 Å². The van der Waals surface area contributed by atoms with Gasteiger partial charge in [0.1, 0.15) is 36.0 Å². The van der Waals surface area contributed by atoms with E-state index in [9.17, 15) is 10.2 Å². The number of aliphatic hydroxyl groups is 2. The lowest BCUT2D eigenvalue weighted by atomic mass is 10.1. The van der Waals surface area contributed by atoms with Gasteiger partial charge in [0.25, 0.3) is 0 Å². The molecule has 4 atom stereocenters. The number of imidazole rings is 2. The minimum absolute atomic E-state index is 0.257. The van der Waals surface area contributed by atoms with Gasteiger partial charge in [-0.05, 0) is 51.8 Å². The number of nitrogens with zero attached hydrogens (tertiary/aromatic N) is 6. The van der Waals surface area contributed by atoms with Crippen LogP contribution in [0.25, 0.3) is 22.2 Å². The van der Waals surface area contributed by atoms with E-state index >= 15 is 0 Å². The second-order valence-corrected chi connectivity index (χ2v) is 9.83. The van der Waals surface area contributed by atoms with E-state index in [2.05, 4.69) is 57.7 Å². The summed E-state index contributed by atoms with van der Waals surface area (Å²) in [5.41, 5.74) is 10.1. The van der Waals surface area contributed by atoms with Gasteiger partial charge in [0.05, 0.1) is 17.4 Å². The maximum absolute atomic E-state index is 10.8. The van der Waals surface area contributed by atoms with Gasteiger partial charge in [-0.2, -0.15) is 0 Å². The Bertz CT molecular complexity index is 1340. The normalized spacial score (nSPS) is 22.5. The number of unbranched alkanes of at least 4 members (excludes halogenated alkanes) is 1. The van der Waals surface area contributed by atoms with Crippen molar-refractivity contribution in [3.8, 4) is 0 Å². The highest BCUT2D eigenvalue weighted by Gasteiger charge is 2.45. The van der Waals surface area contributed by atoms with Crippen LogP contribution < -0.4 is 5.73 Å². The van der Waals surface area contributed by atoms with Crippen molar-refractivity contribution in [1.29, 1.82) is 0 Å².